The number of rotatable bonds is 8. The molecule has 11 nitrogen and oxygen atoms in total. The molecular weight excluding hydrogens is 449 g/mol. The molecule has 3 rings (SSSR count). The highest BCUT2D eigenvalue weighted by Crippen LogP contribution is 2.62. The van der Waals surface area contributed by atoms with E-state index in [0.717, 1.165) is 0 Å². The van der Waals surface area contributed by atoms with Crippen LogP contribution in [0.25, 0.3) is 0 Å². The number of thioether (sulfide) groups is 1. The van der Waals surface area contributed by atoms with Crippen molar-refractivity contribution in [1.82, 2.24) is 4.90 Å². The normalized spacial score (nSPS) is 21.1. The molecule has 1 aromatic rings. The van der Waals surface area contributed by atoms with Crippen molar-refractivity contribution in [3.8, 4) is 0 Å². The molecule has 1 aromatic carbocycles. The van der Waals surface area contributed by atoms with Gasteiger partial charge in [-0.15, -0.1) is 11.8 Å². The molecule has 166 valence electrons. The van der Waals surface area contributed by atoms with E-state index in [4.69, 9.17) is 13.8 Å². The number of hydrogen-bond donors (Lipinski definition) is 0. The summed E-state index contributed by atoms with van der Waals surface area (Å²) < 4.78 is 28.4. The van der Waals surface area contributed by atoms with Crippen LogP contribution in [0, 0.1) is 10.1 Å². The first kappa shape index (κ1) is 23.1. The van der Waals surface area contributed by atoms with Gasteiger partial charge in [-0.3, -0.25) is 34.2 Å². The second-order valence-electron chi connectivity index (χ2n) is 6.55. The van der Waals surface area contributed by atoms with Crippen molar-refractivity contribution >= 4 is 43.1 Å². The van der Waals surface area contributed by atoms with Crippen LogP contribution in [0.2, 0.25) is 0 Å². The van der Waals surface area contributed by atoms with Gasteiger partial charge >= 0.3 is 13.6 Å². The largest absolute Gasteiger partial charge is 0.461 e. The predicted molar refractivity (Wildman–Crippen MR) is 113 cm³/mol. The average molecular weight is 469 g/mol. The highest BCUT2D eigenvalue weighted by Gasteiger charge is 2.56. The van der Waals surface area contributed by atoms with E-state index >= 15 is 0 Å². The zero-order chi connectivity index (χ0) is 22.8. The lowest BCUT2D eigenvalue weighted by molar-refractivity contribution is -0.384. The van der Waals surface area contributed by atoms with Crippen LogP contribution in [0.15, 0.2) is 40.3 Å². The number of nitro benzene ring substituents is 1. The van der Waals surface area contributed by atoms with Gasteiger partial charge in [0.2, 0.25) is 0 Å². The summed E-state index contributed by atoms with van der Waals surface area (Å²) in [6.07, 6.45) is 1.47. The Balaban J connectivity index is 1.84. The van der Waals surface area contributed by atoms with Gasteiger partial charge < -0.3 is 13.8 Å². The third-order valence-electron chi connectivity index (χ3n) is 4.67. The molecule has 31 heavy (non-hydrogen) atoms. The first-order valence-corrected chi connectivity index (χ1v) is 11.6. The van der Waals surface area contributed by atoms with E-state index in [2.05, 4.69) is 4.99 Å². The number of nitro groups is 1. The Labute approximate surface area is 182 Å². The summed E-state index contributed by atoms with van der Waals surface area (Å²) in [5, 5.41) is 10.3. The molecule has 0 aromatic heterocycles. The van der Waals surface area contributed by atoms with E-state index in [1.807, 2.05) is 0 Å². The van der Waals surface area contributed by atoms with Crippen molar-refractivity contribution in [2.45, 2.75) is 18.3 Å². The third kappa shape index (κ3) is 4.57. The second kappa shape index (κ2) is 9.31. The number of benzene rings is 1. The van der Waals surface area contributed by atoms with Crippen molar-refractivity contribution in [2.24, 2.45) is 4.99 Å². The molecular formula is C18H20N3O8PS. The molecule has 0 N–H and O–H groups in total. The SMILES string of the molecule is COP(=O)(OC)C1=C(COC(C)=O)CS[C@@H]2[C@@H](/N=C/c3ccc([N+](=O)[O-])cc3)C(=O)N12. The van der Waals surface area contributed by atoms with Gasteiger partial charge in [-0.25, -0.2) is 0 Å². The molecule has 0 unspecified atom stereocenters. The van der Waals surface area contributed by atoms with E-state index in [-0.39, 0.29) is 17.7 Å². The molecule has 0 spiro atoms. The molecule has 0 radical (unpaired) electrons. The van der Waals surface area contributed by atoms with Gasteiger partial charge in [-0.2, -0.15) is 0 Å². The Bertz CT molecular complexity index is 1000. The summed E-state index contributed by atoms with van der Waals surface area (Å²) in [5.41, 5.74) is 1.10. The Morgan fingerprint density at radius 3 is 2.55 bits per heavy atom. The molecule has 0 aliphatic carbocycles. The van der Waals surface area contributed by atoms with Gasteiger partial charge in [0.05, 0.1) is 4.92 Å². The average Bonchev–Trinajstić information content (AvgIpc) is 2.76. The molecule has 1 saturated heterocycles. The lowest BCUT2D eigenvalue weighted by Crippen LogP contribution is -2.63. The van der Waals surface area contributed by atoms with Gasteiger partial charge in [0, 0.05) is 50.8 Å². The quantitative estimate of drug-likeness (QED) is 0.140. The van der Waals surface area contributed by atoms with Crippen LogP contribution in [0.5, 0.6) is 0 Å². The van der Waals surface area contributed by atoms with Crippen molar-refractivity contribution < 1.29 is 32.9 Å². The minimum Gasteiger partial charge on any atom is -0.461 e. The Hall–Kier alpha value is -2.53. The summed E-state index contributed by atoms with van der Waals surface area (Å²) in [6.45, 7) is 1.12. The first-order valence-electron chi connectivity index (χ1n) is 9.01. The molecule has 2 aliphatic heterocycles. The summed E-state index contributed by atoms with van der Waals surface area (Å²) >= 11 is 1.39. The van der Waals surface area contributed by atoms with Gasteiger partial charge in [0.25, 0.3) is 11.6 Å². The summed E-state index contributed by atoms with van der Waals surface area (Å²) in [7, 11) is -1.38. The van der Waals surface area contributed by atoms with Gasteiger partial charge in [-0.1, -0.05) is 0 Å². The Kier molecular flexibility index (Phi) is 6.95. The topological polar surface area (TPSA) is 138 Å². The number of β-lactam (4-membered cyclic amide) rings is 1. The Morgan fingerprint density at radius 1 is 1.35 bits per heavy atom. The first-order chi connectivity index (χ1) is 14.7. The molecule has 2 heterocycles. The van der Waals surface area contributed by atoms with Crippen LogP contribution in [0.1, 0.15) is 12.5 Å². The van der Waals surface area contributed by atoms with Crippen LogP contribution < -0.4 is 0 Å². The fourth-order valence-electron chi connectivity index (χ4n) is 3.11. The molecule has 0 saturated carbocycles. The molecule has 13 heteroatoms. The number of nitrogens with zero attached hydrogens (tertiary/aromatic N) is 3. The smallest absolute Gasteiger partial charge is 0.377 e. The van der Waals surface area contributed by atoms with Crippen LogP contribution in [-0.4, -0.2) is 65.9 Å². The van der Waals surface area contributed by atoms with E-state index in [0.29, 0.717) is 16.9 Å². The molecule has 1 fully saturated rings. The summed E-state index contributed by atoms with van der Waals surface area (Å²) in [6, 6.07) is 5.03. The number of non-ortho nitro benzene ring substituents is 1. The number of fused-ring (bicyclic) bond motifs is 1. The maximum Gasteiger partial charge on any atom is 0.377 e. The zero-order valence-corrected chi connectivity index (χ0v) is 18.6. The highest BCUT2D eigenvalue weighted by atomic mass is 32.2. The number of hydrogen-bond acceptors (Lipinski definition) is 10. The van der Waals surface area contributed by atoms with Crippen LogP contribution in [-0.2, 0) is 27.9 Å². The molecule has 2 aliphatic rings. The monoisotopic (exact) mass is 469 g/mol. The fraction of sp³-hybridized carbons (Fsp3) is 0.389. The number of aliphatic imine (C=N–C) groups is 1. The van der Waals surface area contributed by atoms with Gasteiger partial charge in [-0.05, 0) is 17.7 Å². The lowest BCUT2D eigenvalue weighted by Gasteiger charge is -2.49. The van der Waals surface area contributed by atoms with Crippen LogP contribution >= 0.6 is 19.4 Å². The number of ether oxygens (including phenoxy) is 1. The number of carbonyl (C=O) groups excluding carboxylic acids is 2. The van der Waals surface area contributed by atoms with Crippen molar-refractivity contribution in [3.05, 3.63) is 51.0 Å². The minimum absolute atomic E-state index is 0.0455. The lowest BCUT2D eigenvalue weighted by atomic mass is 10.1. The fourth-order valence-corrected chi connectivity index (χ4v) is 6.13. The minimum atomic E-state index is -3.81. The zero-order valence-electron chi connectivity index (χ0n) is 16.9. The number of carbonyl (C=O) groups is 2. The summed E-state index contributed by atoms with van der Waals surface area (Å²) in [5.74, 6) is -0.568. The maximum atomic E-state index is 13.1. The maximum absolute atomic E-state index is 13.1. The van der Waals surface area contributed by atoms with E-state index < -0.39 is 35.8 Å². The predicted octanol–water partition coefficient (Wildman–Crippen LogP) is 2.56. The standard InChI is InChI=1S/C18H20N3O8PS/c1-11(22)29-9-13-10-31-18-15(16(23)20(18)17(13)30(26,27-2)28-3)19-8-12-4-6-14(7-5-12)21(24)25/h4-8,15,18H,9-10H2,1-3H3/b19-8+/t15-,18+/m0/s1. The van der Waals surface area contributed by atoms with Crippen LogP contribution in [0.4, 0.5) is 5.69 Å². The molecule has 2 atom stereocenters. The van der Waals surface area contributed by atoms with Crippen molar-refractivity contribution in [2.75, 3.05) is 26.6 Å². The van der Waals surface area contributed by atoms with Gasteiger partial charge in [0.15, 0.2) is 6.04 Å². The van der Waals surface area contributed by atoms with E-state index in [9.17, 15) is 24.3 Å². The summed E-state index contributed by atoms with van der Waals surface area (Å²) in [4.78, 5) is 40.0. The van der Waals surface area contributed by atoms with Crippen LogP contribution in [0.3, 0.4) is 0 Å². The van der Waals surface area contributed by atoms with Crippen molar-refractivity contribution in [3.63, 3.8) is 0 Å². The van der Waals surface area contributed by atoms with Crippen molar-refractivity contribution in [1.29, 1.82) is 0 Å². The van der Waals surface area contributed by atoms with Gasteiger partial charge in [0.1, 0.15) is 17.4 Å². The van der Waals surface area contributed by atoms with E-state index in [1.54, 1.807) is 0 Å². The number of amides is 1. The third-order valence-corrected chi connectivity index (χ3v) is 8.00. The number of esters is 1. The van der Waals surface area contributed by atoms with E-state index in [1.165, 1.54) is 68.3 Å². The molecule has 0 bridgehead atoms. The Morgan fingerprint density at radius 2 is 2.00 bits per heavy atom. The highest BCUT2D eigenvalue weighted by molar-refractivity contribution is 8.00. The molecule has 1 amide bonds. The second-order valence-corrected chi connectivity index (χ2v) is 9.81.